The summed E-state index contributed by atoms with van der Waals surface area (Å²) in [6.45, 7) is 4.24. The maximum Gasteiger partial charge on any atom is 0.159 e. The normalized spacial score (nSPS) is 15.9. The lowest BCUT2D eigenvalue weighted by Gasteiger charge is -2.28. The van der Waals surface area contributed by atoms with E-state index in [9.17, 15) is 9.90 Å². The number of β-amino-alcohol motifs (C(OH)–C–C–N with tert-alkyl or cyclic N) is 1. The Hall–Kier alpha value is -1.69. The highest BCUT2D eigenvalue weighted by Gasteiger charge is 2.19. The van der Waals surface area contributed by atoms with Gasteiger partial charge in [-0.05, 0) is 42.5 Å². The smallest absolute Gasteiger partial charge is 0.159 e. The highest BCUT2D eigenvalue weighted by molar-refractivity contribution is 7.10. The van der Waals surface area contributed by atoms with Crippen LogP contribution in [0.25, 0.3) is 0 Å². The fourth-order valence-corrected chi connectivity index (χ4v) is 3.70. The van der Waals surface area contributed by atoms with Crippen LogP contribution in [0.5, 0.6) is 5.75 Å². The van der Waals surface area contributed by atoms with Gasteiger partial charge < -0.3 is 9.84 Å². The second-order valence-electron chi connectivity index (χ2n) is 5.90. The molecule has 1 aliphatic heterocycles. The van der Waals surface area contributed by atoms with Crippen LogP contribution in [-0.4, -0.2) is 41.6 Å². The van der Waals surface area contributed by atoms with Crippen LogP contribution < -0.4 is 4.74 Å². The molecule has 0 radical (unpaired) electrons. The van der Waals surface area contributed by atoms with Crippen LogP contribution in [0.3, 0.4) is 0 Å². The first-order chi connectivity index (χ1) is 11.1. The van der Waals surface area contributed by atoms with Crippen molar-refractivity contribution in [2.45, 2.75) is 26.0 Å². The Morgan fingerprint density at radius 1 is 1.43 bits per heavy atom. The Kier molecular flexibility index (Phi) is 5.10. The number of aliphatic hydroxyl groups is 1. The van der Waals surface area contributed by atoms with Crippen LogP contribution in [0.1, 0.15) is 27.7 Å². The third-order valence-electron chi connectivity index (χ3n) is 4.04. The quantitative estimate of drug-likeness (QED) is 0.827. The summed E-state index contributed by atoms with van der Waals surface area (Å²) in [7, 11) is 0. The van der Waals surface area contributed by atoms with Crippen molar-refractivity contribution < 1.29 is 14.6 Å². The number of thiophene rings is 1. The molecule has 0 amide bonds. The van der Waals surface area contributed by atoms with Crippen molar-refractivity contribution in [3.05, 3.63) is 51.7 Å². The topological polar surface area (TPSA) is 49.8 Å². The van der Waals surface area contributed by atoms with Crippen molar-refractivity contribution in [2.24, 2.45) is 0 Å². The summed E-state index contributed by atoms with van der Waals surface area (Å²) in [4.78, 5) is 15.1. The Morgan fingerprint density at radius 2 is 2.30 bits per heavy atom. The molecular formula is C18H21NO3S. The molecule has 0 saturated carbocycles. The van der Waals surface area contributed by atoms with Crippen LogP contribution in [0.4, 0.5) is 0 Å². The zero-order valence-corrected chi connectivity index (χ0v) is 14.0. The van der Waals surface area contributed by atoms with E-state index in [1.165, 1.54) is 17.4 Å². The van der Waals surface area contributed by atoms with Gasteiger partial charge >= 0.3 is 0 Å². The fraction of sp³-hybridized carbons (Fsp3) is 0.389. The lowest BCUT2D eigenvalue weighted by molar-refractivity contribution is 0.0640. The molecule has 0 aliphatic carbocycles. The molecule has 1 atom stereocenters. The van der Waals surface area contributed by atoms with Crippen molar-refractivity contribution >= 4 is 17.1 Å². The number of hydrogen-bond donors (Lipinski definition) is 1. The second-order valence-corrected chi connectivity index (χ2v) is 6.90. The highest BCUT2D eigenvalue weighted by Crippen LogP contribution is 2.24. The highest BCUT2D eigenvalue weighted by atomic mass is 32.1. The number of hydrogen-bond acceptors (Lipinski definition) is 5. The Morgan fingerprint density at radius 3 is 3.13 bits per heavy atom. The summed E-state index contributed by atoms with van der Waals surface area (Å²) >= 11 is 1.82. The number of ketones is 1. The first-order valence-electron chi connectivity index (χ1n) is 7.81. The second kappa shape index (κ2) is 7.25. The van der Waals surface area contributed by atoms with Gasteiger partial charge in [0.1, 0.15) is 18.5 Å². The molecule has 122 valence electrons. The molecule has 23 heavy (non-hydrogen) atoms. The third kappa shape index (κ3) is 4.19. The molecule has 5 heteroatoms. The molecule has 1 aromatic heterocycles. The van der Waals surface area contributed by atoms with E-state index in [0.717, 1.165) is 19.5 Å². The van der Waals surface area contributed by atoms with Crippen LogP contribution in [-0.2, 0) is 13.0 Å². The third-order valence-corrected chi connectivity index (χ3v) is 5.06. The summed E-state index contributed by atoms with van der Waals surface area (Å²) in [5.41, 5.74) is 2.00. The largest absolute Gasteiger partial charge is 0.491 e. The lowest BCUT2D eigenvalue weighted by atomic mass is 10.1. The molecule has 1 N–H and O–H groups in total. The molecule has 0 bridgehead atoms. The van der Waals surface area contributed by atoms with Crippen LogP contribution in [0, 0.1) is 0 Å². The van der Waals surface area contributed by atoms with Gasteiger partial charge in [0, 0.05) is 30.1 Å². The van der Waals surface area contributed by atoms with Gasteiger partial charge in [-0.3, -0.25) is 9.69 Å². The average Bonchev–Trinajstić information content (AvgIpc) is 3.01. The first-order valence-corrected chi connectivity index (χ1v) is 8.69. The Balaban J connectivity index is 1.49. The van der Waals surface area contributed by atoms with Crippen molar-refractivity contribution in [3.8, 4) is 5.75 Å². The number of aliphatic hydroxyl groups excluding tert-OH is 1. The molecule has 0 saturated heterocycles. The molecule has 1 aliphatic rings. The number of Topliss-reactive ketones (excluding diaryl/α,β-unsaturated/α-hetero) is 1. The van der Waals surface area contributed by atoms with Gasteiger partial charge in [0.2, 0.25) is 0 Å². The molecule has 0 spiro atoms. The predicted octanol–water partition coefficient (Wildman–Crippen LogP) is 2.75. The predicted molar refractivity (Wildman–Crippen MR) is 91.2 cm³/mol. The van der Waals surface area contributed by atoms with Gasteiger partial charge in [0.15, 0.2) is 5.78 Å². The number of rotatable bonds is 6. The number of benzene rings is 1. The van der Waals surface area contributed by atoms with E-state index in [1.807, 2.05) is 11.3 Å². The van der Waals surface area contributed by atoms with E-state index in [4.69, 9.17) is 4.74 Å². The summed E-state index contributed by atoms with van der Waals surface area (Å²) < 4.78 is 5.63. The molecule has 1 aromatic carbocycles. The van der Waals surface area contributed by atoms with Crippen LogP contribution >= 0.6 is 11.3 Å². The maximum atomic E-state index is 11.4. The average molecular weight is 331 g/mol. The summed E-state index contributed by atoms with van der Waals surface area (Å²) in [5.74, 6) is 0.631. The van der Waals surface area contributed by atoms with Crippen LogP contribution in [0.15, 0.2) is 35.7 Å². The van der Waals surface area contributed by atoms with E-state index in [2.05, 4.69) is 16.3 Å². The summed E-state index contributed by atoms with van der Waals surface area (Å²) in [6.07, 6.45) is 0.512. The van der Waals surface area contributed by atoms with Crippen molar-refractivity contribution in [1.82, 2.24) is 4.90 Å². The summed E-state index contributed by atoms with van der Waals surface area (Å²) in [5, 5.41) is 12.3. The minimum absolute atomic E-state index is 0.0101. The van der Waals surface area contributed by atoms with E-state index >= 15 is 0 Å². The fourth-order valence-electron chi connectivity index (χ4n) is 2.81. The zero-order valence-electron chi connectivity index (χ0n) is 13.2. The Bertz CT molecular complexity index is 682. The lowest BCUT2D eigenvalue weighted by Crippen LogP contribution is -2.38. The van der Waals surface area contributed by atoms with Crippen LogP contribution in [0.2, 0.25) is 0 Å². The standard InChI is InChI=1S/C18H21NO3S/c1-13(20)14-3-2-4-17(9-14)22-12-16(21)11-19-7-5-18-15(10-19)6-8-23-18/h2-4,6,8-9,16,21H,5,7,10-12H2,1H3. The number of ether oxygens (including phenoxy) is 1. The maximum absolute atomic E-state index is 11.4. The molecule has 4 nitrogen and oxygen atoms in total. The van der Waals surface area contributed by atoms with E-state index in [0.29, 0.717) is 17.9 Å². The van der Waals surface area contributed by atoms with Crippen molar-refractivity contribution in [1.29, 1.82) is 0 Å². The monoisotopic (exact) mass is 331 g/mol. The van der Waals surface area contributed by atoms with Crippen molar-refractivity contribution in [3.63, 3.8) is 0 Å². The van der Waals surface area contributed by atoms with Gasteiger partial charge in [0.25, 0.3) is 0 Å². The number of carbonyl (C=O) groups is 1. The minimum atomic E-state index is -0.545. The molecule has 1 unspecified atom stereocenters. The van der Waals surface area contributed by atoms with E-state index in [1.54, 1.807) is 24.3 Å². The van der Waals surface area contributed by atoms with Gasteiger partial charge in [-0.25, -0.2) is 0 Å². The van der Waals surface area contributed by atoms with Gasteiger partial charge in [-0.2, -0.15) is 0 Å². The number of carbonyl (C=O) groups excluding carboxylic acids is 1. The number of nitrogens with zero attached hydrogens (tertiary/aromatic N) is 1. The van der Waals surface area contributed by atoms with Gasteiger partial charge in [0.05, 0.1) is 0 Å². The summed E-state index contributed by atoms with van der Waals surface area (Å²) in [6, 6.07) is 9.24. The van der Waals surface area contributed by atoms with E-state index in [-0.39, 0.29) is 12.4 Å². The Labute approximate surface area is 140 Å². The van der Waals surface area contributed by atoms with Crippen molar-refractivity contribution in [2.75, 3.05) is 19.7 Å². The zero-order chi connectivity index (χ0) is 16.2. The molecule has 3 rings (SSSR count). The molecular weight excluding hydrogens is 310 g/mol. The van der Waals surface area contributed by atoms with Gasteiger partial charge in [-0.1, -0.05) is 12.1 Å². The molecule has 2 aromatic rings. The van der Waals surface area contributed by atoms with Gasteiger partial charge in [-0.15, -0.1) is 11.3 Å². The van der Waals surface area contributed by atoms with E-state index < -0.39 is 6.10 Å². The molecule has 2 heterocycles. The SMILES string of the molecule is CC(=O)c1cccc(OCC(O)CN2CCc3sccc3C2)c1. The molecule has 0 fully saturated rings. The number of fused-ring (bicyclic) bond motifs is 1. The first kappa shape index (κ1) is 16.2. The minimum Gasteiger partial charge on any atom is -0.491 e.